The lowest BCUT2D eigenvalue weighted by atomic mass is 10.1. The third kappa shape index (κ3) is 6.32. The number of hydrogen-bond acceptors (Lipinski definition) is 5. The van der Waals surface area contributed by atoms with Crippen molar-refractivity contribution in [2.75, 3.05) is 38.1 Å². The second-order valence-corrected chi connectivity index (χ2v) is 9.41. The van der Waals surface area contributed by atoms with Gasteiger partial charge in [-0.25, -0.2) is 4.79 Å². The van der Waals surface area contributed by atoms with Crippen LogP contribution in [0.4, 0.5) is 10.5 Å². The van der Waals surface area contributed by atoms with Crippen LogP contribution in [0, 0.1) is 0 Å². The normalized spacial score (nSPS) is 19.5. The van der Waals surface area contributed by atoms with E-state index in [1.807, 2.05) is 29.2 Å². The van der Waals surface area contributed by atoms with Crippen LogP contribution in [-0.4, -0.2) is 60.6 Å². The van der Waals surface area contributed by atoms with E-state index in [-0.39, 0.29) is 5.91 Å². The zero-order valence-corrected chi connectivity index (χ0v) is 20.0. The molecule has 2 fully saturated rings. The van der Waals surface area contributed by atoms with Crippen molar-refractivity contribution in [1.29, 1.82) is 0 Å². The maximum absolute atomic E-state index is 12.7. The summed E-state index contributed by atoms with van der Waals surface area (Å²) in [5, 5.41) is 5.71. The summed E-state index contributed by atoms with van der Waals surface area (Å²) in [6.45, 7) is 8.06. The van der Waals surface area contributed by atoms with Gasteiger partial charge in [-0.1, -0.05) is 32.3 Å². The zero-order chi connectivity index (χ0) is 23.9. The van der Waals surface area contributed by atoms with Gasteiger partial charge >= 0.3 is 6.03 Å². The van der Waals surface area contributed by atoms with Crippen LogP contribution in [0.2, 0.25) is 0 Å². The number of urea groups is 1. The first-order valence-electron chi connectivity index (χ1n) is 12.5. The van der Waals surface area contributed by atoms with E-state index in [1.54, 1.807) is 0 Å². The number of anilines is 1. The van der Waals surface area contributed by atoms with Crippen molar-refractivity contribution >= 4 is 23.7 Å². The molecule has 0 aromatic heterocycles. The molecule has 3 amide bonds. The summed E-state index contributed by atoms with van der Waals surface area (Å²) in [6.07, 6.45) is 11.1. The first-order valence-corrected chi connectivity index (χ1v) is 12.5. The van der Waals surface area contributed by atoms with E-state index < -0.39 is 6.03 Å². The molecular formula is C26H37N5O3. The number of primary amides is 1. The number of nitrogens with one attached hydrogen (secondary N) is 2. The minimum absolute atomic E-state index is 0.224. The molecule has 1 saturated carbocycles. The Morgan fingerprint density at radius 1 is 1.12 bits per heavy atom. The van der Waals surface area contributed by atoms with Gasteiger partial charge < -0.3 is 26.0 Å². The molecule has 1 saturated heterocycles. The van der Waals surface area contributed by atoms with Crippen molar-refractivity contribution in [3.8, 4) is 5.75 Å². The molecule has 1 aliphatic carbocycles. The molecule has 8 heteroatoms. The van der Waals surface area contributed by atoms with Crippen molar-refractivity contribution in [2.45, 2.75) is 57.4 Å². The number of carbonyl (C=O) groups excluding carboxylic acids is 2. The zero-order valence-electron chi connectivity index (χ0n) is 20.0. The van der Waals surface area contributed by atoms with Gasteiger partial charge in [0.05, 0.1) is 18.0 Å². The average molecular weight is 468 g/mol. The van der Waals surface area contributed by atoms with Gasteiger partial charge in [0.2, 0.25) is 5.91 Å². The third-order valence-corrected chi connectivity index (χ3v) is 7.00. The number of hydrogen-bond donors (Lipinski definition) is 3. The lowest BCUT2D eigenvalue weighted by molar-refractivity contribution is -0.133. The Morgan fingerprint density at radius 3 is 2.56 bits per heavy atom. The molecule has 0 radical (unpaired) electrons. The monoisotopic (exact) mass is 467 g/mol. The molecule has 0 atom stereocenters. The molecule has 184 valence electrons. The molecule has 1 aromatic rings. The predicted molar refractivity (Wildman–Crippen MR) is 134 cm³/mol. The third-order valence-electron chi connectivity index (χ3n) is 7.00. The van der Waals surface area contributed by atoms with Gasteiger partial charge in [0, 0.05) is 49.9 Å². The smallest absolute Gasteiger partial charge is 0.316 e. The van der Waals surface area contributed by atoms with Crippen LogP contribution in [0.15, 0.2) is 36.2 Å². The van der Waals surface area contributed by atoms with E-state index in [2.05, 4.69) is 22.1 Å². The second kappa shape index (κ2) is 11.4. The van der Waals surface area contributed by atoms with Crippen LogP contribution in [0.25, 0.3) is 6.08 Å². The van der Waals surface area contributed by atoms with Crippen molar-refractivity contribution in [3.05, 3.63) is 41.7 Å². The fraction of sp³-hybridized carbons (Fsp3) is 0.538. The molecule has 0 bridgehead atoms. The summed E-state index contributed by atoms with van der Waals surface area (Å²) in [6, 6.07) is 5.77. The fourth-order valence-corrected chi connectivity index (χ4v) is 5.11. The topological polar surface area (TPSA) is 99.9 Å². The first-order chi connectivity index (χ1) is 16.5. The molecule has 0 spiro atoms. The van der Waals surface area contributed by atoms with Gasteiger partial charge in [0.15, 0.2) is 0 Å². The molecule has 3 aliphatic rings. The van der Waals surface area contributed by atoms with Gasteiger partial charge in [-0.15, -0.1) is 0 Å². The van der Waals surface area contributed by atoms with E-state index in [1.165, 1.54) is 38.5 Å². The lowest BCUT2D eigenvalue weighted by Crippen LogP contribution is -2.51. The number of ether oxygens (including phenoxy) is 1. The molecule has 2 aliphatic heterocycles. The molecule has 34 heavy (non-hydrogen) atoms. The number of benzene rings is 1. The van der Waals surface area contributed by atoms with Crippen LogP contribution in [0.1, 0.15) is 56.9 Å². The quantitative estimate of drug-likeness (QED) is 0.420. The van der Waals surface area contributed by atoms with Gasteiger partial charge in [0.25, 0.3) is 0 Å². The standard InChI is InChI=1S/C26H37N5O3/c1-19-24(29-26(27)33)18-20-17-22(10-11-23(20)28-19)34-16-6-9-25(32)31-14-12-30(13-15-31)21-7-4-2-3-5-8-21/h10-11,17-18,21,28H,1-9,12-16H2,(H3,27,29,33). The highest BCUT2D eigenvalue weighted by atomic mass is 16.5. The Labute approximate surface area is 202 Å². The minimum Gasteiger partial charge on any atom is -0.494 e. The number of piperazine rings is 1. The highest BCUT2D eigenvalue weighted by Gasteiger charge is 2.26. The lowest BCUT2D eigenvalue weighted by Gasteiger charge is -2.39. The van der Waals surface area contributed by atoms with Gasteiger partial charge in [-0.3, -0.25) is 9.69 Å². The summed E-state index contributed by atoms with van der Waals surface area (Å²) < 4.78 is 5.89. The minimum atomic E-state index is -0.638. The molecule has 8 nitrogen and oxygen atoms in total. The predicted octanol–water partition coefficient (Wildman–Crippen LogP) is 3.66. The van der Waals surface area contributed by atoms with Crippen molar-refractivity contribution < 1.29 is 14.3 Å². The molecule has 4 rings (SSSR count). The summed E-state index contributed by atoms with van der Waals surface area (Å²) in [7, 11) is 0. The van der Waals surface area contributed by atoms with Crippen LogP contribution in [0.5, 0.6) is 5.75 Å². The number of nitrogens with zero attached hydrogens (tertiary/aromatic N) is 2. The second-order valence-electron chi connectivity index (χ2n) is 9.41. The molecule has 4 N–H and O–H groups in total. The van der Waals surface area contributed by atoms with Crippen LogP contribution >= 0.6 is 0 Å². The van der Waals surface area contributed by atoms with Gasteiger partial charge in [0.1, 0.15) is 5.75 Å². The van der Waals surface area contributed by atoms with Crippen molar-refractivity contribution in [2.24, 2.45) is 5.73 Å². The number of rotatable bonds is 7. The SMILES string of the molecule is C=C1Nc2ccc(OCCCC(=O)N3CCN(C4CCCCCC4)CC3)cc2C=C1NC(N)=O. The number of nitrogens with two attached hydrogens (primary N) is 1. The first kappa shape index (κ1) is 24.1. The Bertz CT molecular complexity index is 928. The Kier molecular flexibility index (Phi) is 8.11. The fourth-order valence-electron chi connectivity index (χ4n) is 5.11. The van der Waals surface area contributed by atoms with Crippen LogP contribution in [0.3, 0.4) is 0 Å². The average Bonchev–Trinajstić information content (AvgIpc) is 3.12. The highest BCUT2D eigenvalue weighted by Crippen LogP contribution is 2.30. The number of carbonyl (C=O) groups is 2. The summed E-state index contributed by atoms with van der Waals surface area (Å²) in [4.78, 5) is 28.5. The van der Waals surface area contributed by atoms with Crippen LogP contribution in [-0.2, 0) is 4.79 Å². The number of fused-ring (bicyclic) bond motifs is 1. The Morgan fingerprint density at radius 2 is 1.85 bits per heavy atom. The van der Waals surface area contributed by atoms with Crippen molar-refractivity contribution in [3.63, 3.8) is 0 Å². The molecule has 2 heterocycles. The molecular weight excluding hydrogens is 430 g/mol. The Balaban J connectivity index is 1.19. The van der Waals surface area contributed by atoms with Gasteiger partial charge in [-0.05, 0) is 43.5 Å². The largest absolute Gasteiger partial charge is 0.494 e. The van der Waals surface area contributed by atoms with E-state index in [0.29, 0.717) is 36.6 Å². The Hall–Kier alpha value is -3.00. The molecule has 1 aromatic carbocycles. The summed E-state index contributed by atoms with van der Waals surface area (Å²) >= 11 is 0. The van der Waals surface area contributed by atoms with Crippen molar-refractivity contribution in [1.82, 2.24) is 15.1 Å². The van der Waals surface area contributed by atoms with E-state index >= 15 is 0 Å². The highest BCUT2D eigenvalue weighted by molar-refractivity contribution is 5.83. The van der Waals surface area contributed by atoms with E-state index in [0.717, 1.165) is 43.5 Å². The van der Waals surface area contributed by atoms with Gasteiger partial charge in [-0.2, -0.15) is 0 Å². The molecule has 0 unspecified atom stereocenters. The van der Waals surface area contributed by atoms with E-state index in [9.17, 15) is 9.59 Å². The maximum Gasteiger partial charge on any atom is 0.316 e. The number of amides is 3. The van der Waals surface area contributed by atoms with Crippen LogP contribution < -0.4 is 21.1 Å². The summed E-state index contributed by atoms with van der Waals surface area (Å²) in [5.74, 6) is 0.939. The van der Waals surface area contributed by atoms with E-state index in [4.69, 9.17) is 10.5 Å². The maximum atomic E-state index is 12.7. The summed E-state index contributed by atoms with van der Waals surface area (Å²) in [5.41, 5.74) is 8.08.